The maximum Gasteiger partial charge on any atom is 0.236 e. The van der Waals surface area contributed by atoms with E-state index in [2.05, 4.69) is 17.2 Å². The third-order valence-electron chi connectivity index (χ3n) is 1.98. The highest BCUT2D eigenvalue weighted by molar-refractivity contribution is 5.81. The minimum Gasteiger partial charge on any atom is -0.355 e. The molecule has 0 radical (unpaired) electrons. The van der Waals surface area contributed by atoms with Crippen molar-refractivity contribution < 1.29 is 4.79 Å². The van der Waals surface area contributed by atoms with Gasteiger partial charge in [-0.2, -0.15) is 0 Å². The first-order valence-corrected chi connectivity index (χ1v) is 5.34. The van der Waals surface area contributed by atoms with Crippen molar-refractivity contribution in [1.82, 2.24) is 10.6 Å². The monoisotopic (exact) mass is 198 g/mol. The van der Waals surface area contributed by atoms with Gasteiger partial charge in [0, 0.05) is 6.54 Å². The molecule has 0 aliphatic rings. The first kappa shape index (κ1) is 13.2. The topological polar surface area (TPSA) is 41.1 Å². The molecule has 0 aliphatic heterocycles. The van der Waals surface area contributed by atoms with Crippen LogP contribution in [0.15, 0.2) is 12.7 Å². The summed E-state index contributed by atoms with van der Waals surface area (Å²) in [5.41, 5.74) is 0. The highest BCUT2D eigenvalue weighted by atomic mass is 16.2. The molecule has 0 bridgehead atoms. The number of hydrogen-bond donors (Lipinski definition) is 2. The molecular formula is C11H22N2O. The first-order valence-electron chi connectivity index (χ1n) is 5.34. The quantitative estimate of drug-likeness (QED) is 0.458. The van der Waals surface area contributed by atoms with Gasteiger partial charge in [0.15, 0.2) is 0 Å². The molecule has 1 atom stereocenters. The van der Waals surface area contributed by atoms with Gasteiger partial charge >= 0.3 is 0 Å². The molecule has 0 heterocycles. The van der Waals surface area contributed by atoms with Gasteiger partial charge in [0.1, 0.15) is 0 Å². The summed E-state index contributed by atoms with van der Waals surface area (Å²) in [6.45, 7) is 9.21. The van der Waals surface area contributed by atoms with Gasteiger partial charge in [-0.1, -0.05) is 13.0 Å². The van der Waals surface area contributed by atoms with E-state index in [0.717, 1.165) is 32.4 Å². The Balaban J connectivity index is 3.46. The van der Waals surface area contributed by atoms with E-state index in [-0.39, 0.29) is 11.9 Å². The van der Waals surface area contributed by atoms with Crippen LogP contribution in [-0.2, 0) is 4.79 Å². The van der Waals surface area contributed by atoms with Crippen LogP contribution in [0.1, 0.15) is 33.1 Å². The molecule has 3 heteroatoms. The largest absolute Gasteiger partial charge is 0.355 e. The highest BCUT2D eigenvalue weighted by Gasteiger charge is 2.09. The average molecular weight is 198 g/mol. The smallest absolute Gasteiger partial charge is 0.236 e. The van der Waals surface area contributed by atoms with Crippen LogP contribution in [0, 0.1) is 0 Å². The molecule has 0 spiro atoms. The number of unbranched alkanes of at least 4 members (excludes halogenated alkanes) is 1. The van der Waals surface area contributed by atoms with Gasteiger partial charge < -0.3 is 10.6 Å². The van der Waals surface area contributed by atoms with Crippen LogP contribution in [0.4, 0.5) is 0 Å². The van der Waals surface area contributed by atoms with E-state index in [4.69, 9.17) is 0 Å². The zero-order chi connectivity index (χ0) is 10.8. The normalized spacial score (nSPS) is 12.1. The molecule has 82 valence electrons. The average Bonchev–Trinajstić information content (AvgIpc) is 2.20. The van der Waals surface area contributed by atoms with Gasteiger partial charge in [0.25, 0.3) is 0 Å². The number of nitrogens with one attached hydrogen (secondary N) is 2. The van der Waals surface area contributed by atoms with Crippen LogP contribution in [0.3, 0.4) is 0 Å². The number of carbonyl (C=O) groups is 1. The zero-order valence-electron chi connectivity index (χ0n) is 9.31. The van der Waals surface area contributed by atoms with E-state index >= 15 is 0 Å². The predicted octanol–water partition coefficient (Wildman–Crippen LogP) is 1.46. The lowest BCUT2D eigenvalue weighted by molar-refractivity contribution is -0.122. The van der Waals surface area contributed by atoms with Crippen molar-refractivity contribution in [2.45, 2.75) is 39.2 Å². The summed E-state index contributed by atoms with van der Waals surface area (Å²) in [5.74, 6) is 0.0884. The molecule has 0 saturated carbocycles. The Morgan fingerprint density at radius 2 is 2.21 bits per heavy atom. The van der Waals surface area contributed by atoms with Gasteiger partial charge in [-0.05, 0) is 32.7 Å². The molecule has 0 aromatic rings. The number of allylic oxidation sites excluding steroid dienone is 1. The molecule has 0 aromatic heterocycles. The SMILES string of the molecule is C=CCCCNC(C)C(=O)NCCC. The second-order valence-electron chi connectivity index (χ2n) is 3.40. The Morgan fingerprint density at radius 3 is 2.79 bits per heavy atom. The van der Waals surface area contributed by atoms with Gasteiger partial charge in [0.2, 0.25) is 5.91 Å². The molecule has 2 N–H and O–H groups in total. The van der Waals surface area contributed by atoms with Crippen molar-refractivity contribution in [2.24, 2.45) is 0 Å². The summed E-state index contributed by atoms with van der Waals surface area (Å²) in [5, 5.41) is 6.02. The van der Waals surface area contributed by atoms with Crippen molar-refractivity contribution in [1.29, 1.82) is 0 Å². The van der Waals surface area contributed by atoms with Gasteiger partial charge in [-0.25, -0.2) is 0 Å². The van der Waals surface area contributed by atoms with Crippen LogP contribution in [0.2, 0.25) is 0 Å². The molecular weight excluding hydrogens is 176 g/mol. The molecule has 1 unspecified atom stereocenters. The first-order chi connectivity index (χ1) is 6.72. The van der Waals surface area contributed by atoms with Crippen molar-refractivity contribution in [3.63, 3.8) is 0 Å². The third kappa shape index (κ3) is 6.66. The maximum atomic E-state index is 11.4. The van der Waals surface area contributed by atoms with Crippen molar-refractivity contribution >= 4 is 5.91 Å². The fourth-order valence-corrected chi connectivity index (χ4v) is 1.06. The second-order valence-corrected chi connectivity index (χ2v) is 3.40. The van der Waals surface area contributed by atoms with Crippen LogP contribution in [-0.4, -0.2) is 25.0 Å². The second kappa shape index (κ2) is 8.75. The molecule has 1 amide bonds. The Hall–Kier alpha value is -0.830. The number of hydrogen-bond acceptors (Lipinski definition) is 2. The minimum absolute atomic E-state index is 0.0884. The Kier molecular flexibility index (Phi) is 8.24. The van der Waals surface area contributed by atoms with Gasteiger partial charge in [0.05, 0.1) is 6.04 Å². The summed E-state index contributed by atoms with van der Waals surface area (Å²) in [4.78, 5) is 11.4. The van der Waals surface area contributed by atoms with E-state index in [1.165, 1.54) is 0 Å². The fraction of sp³-hybridized carbons (Fsp3) is 0.727. The minimum atomic E-state index is -0.0913. The lowest BCUT2D eigenvalue weighted by atomic mass is 10.2. The number of rotatable bonds is 8. The maximum absolute atomic E-state index is 11.4. The highest BCUT2D eigenvalue weighted by Crippen LogP contribution is 1.89. The molecule has 0 rings (SSSR count). The molecule has 0 fully saturated rings. The summed E-state index contributed by atoms with van der Waals surface area (Å²) < 4.78 is 0. The van der Waals surface area contributed by atoms with Crippen LogP contribution < -0.4 is 10.6 Å². The summed E-state index contributed by atoms with van der Waals surface area (Å²) in [6, 6.07) is -0.0913. The lowest BCUT2D eigenvalue weighted by Gasteiger charge is -2.13. The van der Waals surface area contributed by atoms with Crippen molar-refractivity contribution in [2.75, 3.05) is 13.1 Å². The molecule has 0 aromatic carbocycles. The van der Waals surface area contributed by atoms with E-state index in [0.29, 0.717) is 0 Å². The Bertz CT molecular complexity index is 169. The van der Waals surface area contributed by atoms with Crippen molar-refractivity contribution in [3.05, 3.63) is 12.7 Å². The van der Waals surface area contributed by atoms with Crippen LogP contribution >= 0.6 is 0 Å². The van der Waals surface area contributed by atoms with Crippen LogP contribution in [0.25, 0.3) is 0 Å². The number of carbonyl (C=O) groups excluding carboxylic acids is 1. The standard InChI is InChI=1S/C11H22N2O/c1-4-6-7-9-12-10(3)11(14)13-8-5-2/h4,10,12H,1,5-9H2,2-3H3,(H,13,14). The Morgan fingerprint density at radius 1 is 1.50 bits per heavy atom. The number of amides is 1. The predicted molar refractivity (Wildman–Crippen MR) is 60.2 cm³/mol. The zero-order valence-corrected chi connectivity index (χ0v) is 9.31. The van der Waals surface area contributed by atoms with Crippen molar-refractivity contribution in [3.8, 4) is 0 Å². The van der Waals surface area contributed by atoms with E-state index in [1.807, 2.05) is 19.9 Å². The van der Waals surface area contributed by atoms with Gasteiger partial charge in [-0.3, -0.25) is 4.79 Å². The fourth-order valence-electron chi connectivity index (χ4n) is 1.06. The molecule has 14 heavy (non-hydrogen) atoms. The lowest BCUT2D eigenvalue weighted by Crippen LogP contribution is -2.42. The summed E-state index contributed by atoms with van der Waals surface area (Å²) >= 11 is 0. The van der Waals surface area contributed by atoms with E-state index in [9.17, 15) is 4.79 Å². The summed E-state index contributed by atoms with van der Waals surface area (Å²) in [7, 11) is 0. The third-order valence-corrected chi connectivity index (χ3v) is 1.98. The Labute approximate surface area is 87.0 Å². The van der Waals surface area contributed by atoms with E-state index < -0.39 is 0 Å². The van der Waals surface area contributed by atoms with Crippen LogP contribution in [0.5, 0.6) is 0 Å². The van der Waals surface area contributed by atoms with E-state index in [1.54, 1.807) is 0 Å². The molecule has 3 nitrogen and oxygen atoms in total. The summed E-state index contributed by atoms with van der Waals surface area (Å²) in [6.07, 6.45) is 4.91. The molecule has 0 aliphatic carbocycles. The molecule has 0 saturated heterocycles. The van der Waals surface area contributed by atoms with Gasteiger partial charge in [-0.15, -0.1) is 6.58 Å².